The summed E-state index contributed by atoms with van der Waals surface area (Å²) in [4.78, 5) is 7.35. The Balaban J connectivity index is 1.56. The van der Waals surface area contributed by atoms with E-state index in [9.17, 15) is 0 Å². The summed E-state index contributed by atoms with van der Waals surface area (Å²) in [6, 6.07) is 3.75. The van der Waals surface area contributed by atoms with Crippen molar-refractivity contribution < 1.29 is 0 Å². The van der Waals surface area contributed by atoms with Crippen molar-refractivity contribution in [1.82, 2.24) is 10.3 Å². The number of anilines is 1. The maximum Gasteiger partial charge on any atom is 0.133 e. The molecule has 108 valence electrons. The SMILES string of the molecule is Brc1cnc(N(CC2CC2)C2CC2)c(CNC2CC2)c1. The van der Waals surface area contributed by atoms with Crippen LogP contribution in [-0.2, 0) is 6.54 Å². The predicted molar refractivity (Wildman–Crippen MR) is 84.9 cm³/mol. The minimum atomic E-state index is 0.750. The van der Waals surface area contributed by atoms with Gasteiger partial charge in [-0.25, -0.2) is 4.98 Å². The highest BCUT2D eigenvalue weighted by Gasteiger charge is 2.35. The van der Waals surface area contributed by atoms with Crippen LogP contribution in [0.3, 0.4) is 0 Å². The van der Waals surface area contributed by atoms with Gasteiger partial charge in [0.05, 0.1) is 0 Å². The van der Waals surface area contributed by atoms with Gasteiger partial charge in [-0.2, -0.15) is 0 Å². The second-order valence-electron chi connectivity index (χ2n) is 6.62. The molecule has 0 atom stereocenters. The Morgan fingerprint density at radius 2 is 2.00 bits per heavy atom. The first-order valence-electron chi connectivity index (χ1n) is 7.94. The van der Waals surface area contributed by atoms with Crippen LogP contribution in [-0.4, -0.2) is 23.6 Å². The number of nitrogens with one attached hydrogen (secondary N) is 1. The Hall–Kier alpha value is -0.610. The molecule has 3 aliphatic rings. The highest BCUT2D eigenvalue weighted by Crippen LogP contribution is 2.38. The molecule has 3 aliphatic carbocycles. The van der Waals surface area contributed by atoms with Crippen LogP contribution >= 0.6 is 15.9 Å². The van der Waals surface area contributed by atoms with E-state index < -0.39 is 0 Å². The number of aromatic nitrogens is 1. The van der Waals surface area contributed by atoms with Crippen molar-refractivity contribution in [1.29, 1.82) is 0 Å². The summed E-state index contributed by atoms with van der Waals surface area (Å²) in [5.74, 6) is 2.15. The summed E-state index contributed by atoms with van der Waals surface area (Å²) < 4.78 is 1.09. The summed E-state index contributed by atoms with van der Waals surface area (Å²) >= 11 is 3.58. The van der Waals surface area contributed by atoms with E-state index in [0.717, 1.165) is 29.0 Å². The van der Waals surface area contributed by atoms with Crippen molar-refractivity contribution in [3.8, 4) is 0 Å². The third-order valence-electron chi connectivity index (χ3n) is 4.48. The van der Waals surface area contributed by atoms with Gasteiger partial charge in [-0.15, -0.1) is 0 Å². The largest absolute Gasteiger partial charge is 0.353 e. The van der Waals surface area contributed by atoms with Gasteiger partial charge < -0.3 is 10.2 Å². The second-order valence-corrected chi connectivity index (χ2v) is 7.53. The van der Waals surface area contributed by atoms with Gasteiger partial charge in [0.1, 0.15) is 5.82 Å². The number of pyridine rings is 1. The molecule has 1 aromatic rings. The first kappa shape index (κ1) is 13.1. The molecular formula is C16H22BrN3. The minimum Gasteiger partial charge on any atom is -0.353 e. The van der Waals surface area contributed by atoms with Crippen LogP contribution in [0.1, 0.15) is 44.1 Å². The van der Waals surface area contributed by atoms with Gasteiger partial charge >= 0.3 is 0 Å². The van der Waals surface area contributed by atoms with Gasteiger partial charge in [-0.1, -0.05) is 0 Å². The van der Waals surface area contributed by atoms with E-state index in [2.05, 4.69) is 32.2 Å². The molecule has 20 heavy (non-hydrogen) atoms. The molecule has 4 rings (SSSR count). The van der Waals surface area contributed by atoms with Crippen molar-refractivity contribution in [3.05, 3.63) is 22.3 Å². The normalized spacial score (nSPS) is 22.1. The molecular weight excluding hydrogens is 314 g/mol. The van der Waals surface area contributed by atoms with Crippen LogP contribution in [0.4, 0.5) is 5.82 Å². The molecule has 0 amide bonds. The Bertz CT molecular complexity index is 492. The van der Waals surface area contributed by atoms with E-state index in [1.807, 2.05) is 6.20 Å². The first-order chi connectivity index (χ1) is 9.79. The molecule has 1 heterocycles. The Kier molecular flexibility index (Phi) is 3.47. The molecule has 0 radical (unpaired) electrons. The van der Waals surface area contributed by atoms with Crippen molar-refractivity contribution in [2.24, 2.45) is 5.92 Å². The number of hydrogen-bond acceptors (Lipinski definition) is 3. The fraction of sp³-hybridized carbons (Fsp3) is 0.688. The Labute approximate surface area is 129 Å². The Morgan fingerprint density at radius 1 is 1.20 bits per heavy atom. The molecule has 0 unspecified atom stereocenters. The van der Waals surface area contributed by atoms with Gasteiger partial charge in [0.15, 0.2) is 0 Å². The summed E-state index contributed by atoms with van der Waals surface area (Å²) in [6.45, 7) is 2.18. The molecule has 0 bridgehead atoms. The van der Waals surface area contributed by atoms with E-state index in [1.54, 1.807) is 0 Å². The molecule has 1 aromatic heterocycles. The smallest absolute Gasteiger partial charge is 0.133 e. The monoisotopic (exact) mass is 335 g/mol. The van der Waals surface area contributed by atoms with Gasteiger partial charge in [0, 0.05) is 41.4 Å². The molecule has 3 fully saturated rings. The molecule has 0 aliphatic heterocycles. The molecule has 1 N–H and O–H groups in total. The predicted octanol–water partition coefficient (Wildman–Crippen LogP) is 3.47. The average molecular weight is 336 g/mol. The van der Waals surface area contributed by atoms with Gasteiger partial charge in [-0.05, 0) is 66.4 Å². The van der Waals surface area contributed by atoms with E-state index in [0.29, 0.717) is 0 Å². The highest BCUT2D eigenvalue weighted by molar-refractivity contribution is 9.10. The summed E-state index contributed by atoms with van der Waals surface area (Å²) in [7, 11) is 0. The lowest BCUT2D eigenvalue weighted by Gasteiger charge is -2.26. The quantitative estimate of drug-likeness (QED) is 0.826. The van der Waals surface area contributed by atoms with Crippen molar-refractivity contribution in [2.75, 3.05) is 11.4 Å². The van der Waals surface area contributed by atoms with Crippen LogP contribution in [0.25, 0.3) is 0 Å². The summed E-state index contributed by atoms with van der Waals surface area (Å²) in [5, 5.41) is 3.64. The minimum absolute atomic E-state index is 0.750. The van der Waals surface area contributed by atoms with Crippen molar-refractivity contribution >= 4 is 21.7 Å². The average Bonchev–Trinajstić information content (AvgIpc) is 3.24. The van der Waals surface area contributed by atoms with Crippen LogP contribution in [0.5, 0.6) is 0 Å². The molecule has 0 saturated heterocycles. The number of nitrogens with zero attached hydrogens (tertiary/aromatic N) is 2. The van der Waals surface area contributed by atoms with Crippen LogP contribution in [0.15, 0.2) is 16.7 Å². The number of rotatable bonds is 7. The molecule has 4 heteroatoms. The van der Waals surface area contributed by atoms with E-state index in [4.69, 9.17) is 4.98 Å². The maximum atomic E-state index is 4.76. The van der Waals surface area contributed by atoms with Crippen LogP contribution < -0.4 is 10.2 Å². The standard InChI is InChI=1S/C16H22BrN3/c17-13-7-12(8-18-14-3-4-14)16(19-9-13)20(15-5-6-15)10-11-1-2-11/h7,9,11,14-15,18H,1-6,8,10H2. The number of hydrogen-bond donors (Lipinski definition) is 1. The lowest BCUT2D eigenvalue weighted by molar-refractivity contribution is 0.666. The van der Waals surface area contributed by atoms with E-state index >= 15 is 0 Å². The third-order valence-corrected chi connectivity index (χ3v) is 4.91. The van der Waals surface area contributed by atoms with Crippen molar-refractivity contribution in [3.63, 3.8) is 0 Å². The summed E-state index contributed by atoms with van der Waals surface area (Å²) in [5.41, 5.74) is 1.36. The fourth-order valence-corrected chi connectivity index (χ4v) is 3.16. The lowest BCUT2D eigenvalue weighted by Crippen LogP contribution is -2.31. The van der Waals surface area contributed by atoms with Crippen LogP contribution in [0.2, 0.25) is 0 Å². The molecule has 3 saturated carbocycles. The zero-order valence-corrected chi connectivity index (χ0v) is 13.4. The van der Waals surface area contributed by atoms with Gasteiger partial charge in [-0.3, -0.25) is 0 Å². The molecule has 3 nitrogen and oxygen atoms in total. The van der Waals surface area contributed by atoms with E-state index in [-0.39, 0.29) is 0 Å². The first-order valence-corrected chi connectivity index (χ1v) is 8.73. The zero-order valence-electron chi connectivity index (χ0n) is 11.8. The molecule has 0 aromatic carbocycles. The topological polar surface area (TPSA) is 28.2 Å². The molecule has 0 spiro atoms. The zero-order chi connectivity index (χ0) is 13.5. The lowest BCUT2D eigenvalue weighted by atomic mass is 10.2. The van der Waals surface area contributed by atoms with Gasteiger partial charge in [0.25, 0.3) is 0 Å². The Morgan fingerprint density at radius 3 is 2.65 bits per heavy atom. The number of halogens is 1. The van der Waals surface area contributed by atoms with Gasteiger partial charge in [0.2, 0.25) is 0 Å². The highest BCUT2D eigenvalue weighted by atomic mass is 79.9. The van der Waals surface area contributed by atoms with Crippen LogP contribution in [0, 0.1) is 5.92 Å². The summed E-state index contributed by atoms with van der Waals surface area (Å²) in [6.07, 6.45) is 10.2. The third kappa shape index (κ3) is 3.17. The fourth-order valence-electron chi connectivity index (χ4n) is 2.78. The van der Waals surface area contributed by atoms with E-state index in [1.165, 1.54) is 56.5 Å². The van der Waals surface area contributed by atoms with Crippen molar-refractivity contribution in [2.45, 2.75) is 57.2 Å². The second kappa shape index (κ2) is 5.30. The maximum absolute atomic E-state index is 4.76.